The van der Waals surface area contributed by atoms with Crippen molar-refractivity contribution in [1.82, 2.24) is 4.90 Å². The van der Waals surface area contributed by atoms with Crippen LogP contribution in [0.3, 0.4) is 0 Å². The average Bonchev–Trinajstić information content (AvgIpc) is 2.65. The number of nitrogens with zero attached hydrogens (tertiary/aromatic N) is 1. The minimum atomic E-state index is 0.471. The molecule has 0 aliphatic carbocycles. The molecule has 0 heterocycles. The molecule has 0 amide bonds. The Bertz CT molecular complexity index is 264. The van der Waals surface area contributed by atoms with Gasteiger partial charge in [0.1, 0.15) is 0 Å². The molecule has 1 nitrogen and oxygen atoms in total. The summed E-state index contributed by atoms with van der Waals surface area (Å²) in [6.45, 7) is 6.99. The van der Waals surface area contributed by atoms with Crippen LogP contribution >= 0.6 is 0 Å². The summed E-state index contributed by atoms with van der Waals surface area (Å²) in [5.41, 5.74) is 0.471. The largest absolute Gasteiger partial charge is 0.304 e. The van der Waals surface area contributed by atoms with Crippen molar-refractivity contribution in [2.75, 3.05) is 14.1 Å². The lowest BCUT2D eigenvalue weighted by Gasteiger charge is -2.41. The summed E-state index contributed by atoms with van der Waals surface area (Å²) in [5.74, 6) is 0. The van der Waals surface area contributed by atoms with Crippen LogP contribution in [0.4, 0.5) is 0 Å². The van der Waals surface area contributed by atoms with Crippen LogP contribution < -0.4 is 0 Å². The van der Waals surface area contributed by atoms with E-state index >= 15 is 0 Å². The highest BCUT2D eigenvalue weighted by molar-refractivity contribution is 4.87. The lowest BCUT2D eigenvalue weighted by atomic mass is 9.81. The zero-order valence-corrected chi connectivity index (χ0v) is 20.1. The molecule has 0 aromatic rings. The first-order chi connectivity index (χ1) is 13.1. The quantitative estimate of drug-likeness (QED) is 0.179. The zero-order valence-electron chi connectivity index (χ0n) is 20.1. The monoisotopic (exact) mass is 381 g/mol. The molecular weight excluding hydrogens is 326 g/mol. The fraction of sp³-hybridized carbons (Fsp3) is 1.00. The van der Waals surface area contributed by atoms with Crippen molar-refractivity contribution in [3.05, 3.63) is 0 Å². The van der Waals surface area contributed by atoms with E-state index in [1.165, 1.54) is 128 Å². The number of hydrogen-bond acceptors (Lipinski definition) is 1. The smallest absolute Gasteiger partial charge is 0.0203 e. The van der Waals surface area contributed by atoms with Crippen LogP contribution in [-0.4, -0.2) is 24.5 Å². The summed E-state index contributed by atoms with van der Waals surface area (Å²) in [6, 6.07) is 0. The average molecular weight is 382 g/mol. The summed E-state index contributed by atoms with van der Waals surface area (Å²) < 4.78 is 0. The van der Waals surface area contributed by atoms with Gasteiger partial charge in [0.15, 0.2) is 0 Å². The van der Waals surface area contributed by atoms with E-state index in [0.29, 0.717) is 5.54 Å². The zero-order chi connectivity index (χ0) is 20.2. The van der Waals surface area contributed by atoms with E-state index in [2.05, 4.69) is 39.8 Å². The molecule has 27 heavy (non-hydrogen) atoms. The highest BCUT2D eigenvalue weighted by Crippen LogP contribution is 2.32. The first kappa shape index (κ1) is 27.0. The summed E-state index contributed by atoms with van der Waals surface area (Å²) in [6.07, 6.45) is 28.5. The van der Waals surface area contributed by atoms with Crippen LogP contribution in [0.15, 0.2) is 0 Å². The SMILES string of the molecule is CCCCCCCCCCC(CCC)(CCCCCCCCCC)N(C)C. The van der Waals surface area contributed by atoms with Gasteiger partial charge in [0, 0.05) is 5.54 Å². The molecule has 0 bridgehead atoms. The third kappa shape index (κ3) is 14.6. The number of hydrogen-bond donors (Lipinski definition) is 0. The molecule has 0 radical (unpaired) electrons. The van der Waals surface area contributed by atoms with Gasteiger partial charge < -0.3 is 4.90 Å². The second kappa shape index (κ2) is 19.3. The van der Waals surface area contributed by atoms with Crippen molar-refractivity contribution in [2.24, 2.45) is 0 Å². The number of rotatable bonds is 21. The lowest BCUT2D eigenvalue weighted by molar-refractivity contribution is 0.107. The van der Waals surface area contributed by atoms with Crippen LogP contribution in [-0.2, 0) is 0 Å². The molecule has 0 aromatic carbocycles. The predicted octanol–water partition coefficient (Wildman–Crippen LogP) is 9.15. The Morgan fingerprint density at radius 3 is 1.04 bits per heavy atom. The Kier molecular flexibility index (Phi) is 19.3. The van der Waals surface area contributed by atoms with Crippen LogP contribution in [0.1, 0.15) is 149 Å². The van der Waals surface area contributed by atoms with Crippen molar-refractivity contribution < 1.29 is 0 Å². The Morgan fingerprint density at radius 2 is 0.741 bits per heavy atom. The second-order valence-corrected chi connectivity index (χ2v) is 9.32. The van der Waals surface area contributed by atoms with Gasteiger partial charge in [-0.15, -0.1) is 0 Å². The van der Waals surface area contributed by atoms with Crippen LogP contribution in [0.2, 0.25) is 0 Å². The van der Waals surface area contributed by atoms with E-state index in [4.69, 9.17) is 0 Å². The molecule has 0 fully saturated rings. The molecule has 0 unspecified atom stereocenters. The van der Waals surface area contributed by atoms with Gasteiger partial charge >= 0.3 is 0 Å². The van der Waals surface area contributed by atoms with Gasteiger partial charge in [0.25, 0.3) is 0 Å². The topological polar surface area (TPSA) is 3.24 Å². The Hall–Kier alpha value is -0.0400. The predicted molar refractivity (Wildman–Crippen MR) is 126 cm³/mol. The Morgan fingerprint density at radius 1 is 0.407 bits per heavy atom. The van der Waals surface area contributed by atoms with Gasteiger partial charge in [-0.1, -0.05) is 130 Å². The van der Waals surface area contributed by atoms with Crippen LogP contribution in [0, 0.1) is 0 Å². The Labute approximate surface area is 174 Å². The van der Waals surface area contributed by atoms with Crippen molar-refractivity contribution in [1.29, 1.82) is 0 Å². The molecule has 0 saturated carbocycles. The number of unbranched alkanes of at least 4 members (excludes halogenated alkanes) is 14. The maximum Gasteiger partial charge on any atom is 0.0203 e. The van der Waals surface area contributed by atoms with E-state index < -0.39 is 0 Å². The normalized spacial score (nSPS) is 12.2. The summed E-state index contributed by atoms with van der Waals surface area (Å²) >= 11 is 0. The maximum absolute atomic E-state index is 2.58. The third-order valence-corrected chi connectivity index (χ3v) is 6.66. The molecule has 0 spiro atoms. The minimum absolute atomic E-state index is 0.471. The van der Waals surface area contributed by atoms with Crippen LogP contribution in [0.5, 0.6) is 0 Å². The molecule has 0 aromatic heterocycles. The van der Waals surface area contributed by atoms with Crippen molar-refractivity contribution in [3.63, 3.8) is 0 Å². The lowest BCUT2D eigenvalue weighted by Crippen LogP contribution is -2.44. The minimum Gasteiger partial charge on any atom is -0.304 e. The summed E-state index contributed by atoms with van der Waals surface area (Å²) in [5, 5.41) is 0. The first-order valence-corrected chi connectivity index (χ1v) is 12.8. The molecule has 0 aliphatic rings. The van der Waals surface area contributed by atoms with Gasteiger partial charge in [-0.25, -0.2) is 0 Å². The van der Waals surface area contributed by atoms with Gasteiger partial charge in [0.05, 0.1) is 0 Å². The highest BCUT2D eigenvalue weighted by Gasteiger charge is 2.30. The molecule has 0 saturated heterocycles. The molecule has 164 valence electrons. The van der Waals surface area contributed by atoms with E-state index in [9.17, 15) is 0 Å². The standard InChI is InChI=1S/C26H55N/c1-6-9-11-13-15-17-19-21-24-26(23-8-3,27(4)5)25-22-20-18-16-14-12-10-7-2/h6-25H2,1-5H3. The molecule has 0 rings (SSSR count). The van der Waals surface area contributed by atoms with Crippen molar-refractivity contribution >= 4 is 0 Å². The summed E-state index contributed by atoms with van der Waals surface area (Å²) in [4.78, 5) is 2.58. The maximum atomic E-state index is 2.58. The van der Waals surface area contributed by atoms with Gasteiger partial charge in [-0.3, -0.25) is 0 Å². The van der Waals surface area contributed by atoms with E-state index in [0.717, 1.165) is 0 Å². The third-order valence-electron chi connectivity index (χ3n) is 6.66. The van der Waals surface area contributed by atoms with E-state index in [-0.39, 0.29) is 0 Å². The van der Waals surface area contributed by atoms with Gasteiger partial charge in [0.2, 0.25) is 0 Å². The molecular formula is C26H55N. The van der Waals surface area contributed by atoms with Gasteiger partial charge in [-0.05, 0) is 33.4 Å². The van der Waals surface area contributed by atoms with E-state index in [1.807, 2.05) is 0 Å². The fourth-order valence-electron chi connectivity index (χ4n) is 4.69. The first-order valence-electron chi connectivity index (χ1n) is 12.8. The second-order valence-electron chi connectivity index (χ2n) is 9.32. The molecule has 1 heteroatoms. The van der Waals surface area contributed by atoms with Crippen LogP contribution in [0.25, 0.3) is 0 Å². The fourth-order valence-corrected chi connectivity index (χ4v) is 4.69. The Balaban J connectivity index is 4.05. The van der Waals surface area contributed by atoms with Gasteiger partial charge in [-0.2, -0.15) is 0 Å². The van der Waals surface area contributed by atoms with Crippen molar-refractivity contribution in [3.8, 4) is 0 Å². The summed E-state index contributed by atoms with van der Waals surface area (Å²) in [7, 11) is 4.68. The molecule has 0 aliphatic heterocycles. The van der Waals surface area contributed by atoms with E-state index in [1.54, 1.807) is 0 Å². The highest BCUT2D eigenvalue weighted by atomic mass is 15.1. The van der Waals surface area contributed by atoms with Crippen molar-refractivity contribution in [2.45, 2.75) is 155 Å². The molecule has 0 atom stereocenters. The molecule has 0 N–H and O–H groups in total.